The number of nitrogens with one attached hydrogen (secondary N) is 1. The van der Waals surface area contributed by atoms with Crippen LogP contribution in [0.3, 0.4) is 0 Å². The molecule has 0 fully saturated rings. The molecule has 0 atom stereocenters. The Hall–Kier alpha value is -2.49. The first-order valence-electron chi connectivity index (χ1n) is 6.33. The van der Waals surface area contributed by atoms with Crippen LogP contribution in [-0.2, 0) is 6.42 Å². The number of nitrogens with zero attached hydrogens (tertiary/aromatic N) is 2. The molecule has 0 unspecified atom stereocenters. The minimum absolute atomic E-state index is 0.768. The quantitative estimate of drug-likeness (QED) is 0.876. The SMILES string of the molecule is NC1=CNN(CCc2ccccn2)c2ccccc21. The molecule has 1 aliphatic rings. The molecule has 4 heteroatoms. The number of benzene rings is 1. The van der Waals surface area contributed by atoms with E-state index >= 15 is 0 Å². The lowest BCUT2D eigenvalue weighted by Crippen LogP contribution is -2.39. The van der Waals surface area contributed by atoms with Gasteiger partial charge in [-0.25, -0.2) is 0 Å². The summed E-state index contributed by atoms with van der Waals surface area (Å²) in [7, 11) is 0. The molecule has 2 heterocycles. The summed E-state index contributed by atoms with van der Waals surface area (Å²) in [6.45, 7) is 0.845. The van der Waals surface area contributed by atoms with Crippen molar-refractivity contribution in [2.75, 3.05) is 11.6 Å². The van der Waals surface area contributed by atoms with Crippen molar-refractivity contribution in [2.24, 2.45) is 5.73 Å². The normalized spacial score (nSPS) is 13.5. The van der Waals surface area contributed by atoms with Crippen molar-refractivity contribution in [3.8, 4) is 0 Å². The van der Waals surface area contributed by atoms with Gasteiger partial charge in [0, 0.05) is 36.6 Å². The van der Waals surface area contributed by atoms with Crippen LogP contribution in [0, 0.1) is 0 Å². The number of anilines is 1. The summed E-state index contributed by atoms with van der Waals surface area (Å²) in [5.74, 6) is 0. The highest BCUT2D eigenvalue weighted by Gasteiger charge is 2.15. The summed E-state index contributed by atoms with van der Waals surface area (Å²) in [5.41, 5.74) is 13.2. The molecule has 3 rings (SSSR count). The average Bonchev–Trinajstić information content (AvgIpc) is 2.48. The van der Waals surface area contributed by atoms with Gasteiger partial charge in [0.15, 0.2) is 0 Å². The average molecular weight is 252 g/mol. The molecule has 3 N–H and O–H groups in total. The summed E-state index contributed by atoms with van der Waals surface area (Å²) in [6, 6.07) is 14.1. The predicted octanol–water partition coefficient (Wildman–Crippen LogP) is 1.91. The van der Waals surface area contributed by atoms with Crippen LogP contribution in [0.15, 0.2) is 54.9 Å². The third-order valence-electron chi connectivity index (χ3n) is 3.20. The number of hydrogen-bond donors (Lipinski definition) is 2. The molecule has 0 aliphatic carbocycles. The van der Waals surface area contributed by atoms with Crippen LogP contribution < -0.4 is 16.2 Å². The van der Waals surface area contributed by atoms with Gasteiger partial charge in [0.05, 0.1) is 11.4 Å². The van der Waals surface area contributed by atoms with Crippen molar-refractivity contribution >= 4 is 11.4 Å². The number of pyridine rings is 1. The van der Waals surface area contributed by atoms with Gasteiger partial charge >= 0.3 is 0 Å². The summed E-state index contributed by atoms with van der Waals surface area (Å²) < 4.78 is 0. The Morgan fingerprint density at radius 2 is 1.95 bits per heavy atom. The number of hydrogen-bond acceptors (Lipinski definition) is 4. The number of nitrogens with two attached hydrogens (primary N) is 1. The first-order chi connectivity index (χ1) is 9.34. The van der Waals surface area contributed by atoms with Gasteiger partial charge in [-0.15, -0.1) is 0 Å². The second-order valence-corrected chi connectivity index (χ2v) is 4.47. The molecule has 19 heavy (non-hydrogen) atoms. The van der Waals surface area contributed by atoms with Gasteiger partial charge in [0.25, 0.3) is 0 Å². The maximum Gasteiger partial charge on any atom is 0.0665 e. The highest BCUT2D eigenvalue weighted by atomic mass is 15.5. The van der Waals surface area contributed by atoms with Gasteiger partial charge in [0.2, 0.25) is 0 Å². The molecule has 0 saturated carbocycles. The maximum absolute atomic E-state index is 5.98. The van der Waals surface area contributed by atoms with Crippen molar-refractivity contribution in [3.63, 3.8) is 0 Å². The fourth-order valence-corrected chi connectivity index (χ4v) is 2.21. The van der Waals surface area contributed by atoms with E-state index in [1.54, 1.807) is 0 Å². The molecule has 0 bridgehead atoms. The zero-order valence-electron chi connectivity index (χ0n) is 10.6. The van der Waals surface area contributed by atoms with Crippen molar-refractivity contribution in [3.05, 3.63) is 66.1 Å². The molecule has 2 aromatic rings. The van der Waals surface area contributed by atoms with Gasteiger partial charge in [-0.3, -0.25) is 9.99 Å². The predicted molar refractivity (Wildman–Crippen MR) is 77.0 cm³/mol. The van der Waals surface area contributed by atoms with Gasteiger partial charge < -0.3 is 11.2 Å². The van der Waals surface area contributed by atoms with Crippen LogP contribution in [0.2, 0.25) is 0 Å². The van der Waals surface area contributed by atoms with Crippen molar-refractivity contribution in [1.82, 2.24) is 10.4 Å². The third kappa shape index (κ3) is 2.38. The molecule has 1 aromatic carbocycles. The van der Waals surface area contributed by atoms with Crippen molar-refractivity contribution in [2.45, 2.75) is 6.42 Å². The van der Waals surface area contributed by atoms with E-state index in [2.05, 4.69) is 21.5 Å². The zero-order valence-corrected chi connectivity index (χ0v) is 10.6. The molecular weight excluding hydrogens is 236 g/mol. The lowest BCUT2D eigenvalue weighted by atomic mass is 10.1. The number of fused-ring (bicyclic) bond motifs is 1. The Kier molecular flexibility index (Phi) is 3.06. The van der Waals surface area contributed by atoms with Gasteiger partial charge in [0.1, 0.15) is 0 Å². The zero-order chi connectivity index (χ0) is 13.1. The Bertz CT molecular complexity index is 592. The van der Waals surface area contributed by atoms with E-state index in [-0.39, 0.29) is 0 Å². The molecule has 4 nitrogen and oxygen atoms in total. The van der Waals surface area contributed by atoms with Crippen molar-refractivity contribution < 1.29 is 0 Å². The summed E-state index contributed by atoms with van der Waals surface area (Å²) in [6.07, 6.45) is 4.54. The summed E-state index contributed by atoms with van der Waals surface area (Å²) in [4.78, 5) is 4.34. The largest absolute Gasteiger partial charge is 0.397 e. The van der Waals surface area contributed by atoms with E-state index in [0.29, 0.717) is 0 Å². The fraction of sp³-hybridized carbons (Fsp3) is 0.133. The lowest BCUT2D eigenvalue weighted by Gasteiger charge is -2.30. The van der Waals surface area contributed by atoms with E-state index in [1.807, 2.05) is 48.8 Å². The molecule has 96 valence electrons. The number of rotatable bonds is 3. The minimum atomic E-state index is 0.768. The Morgan fingerprint density at radius 3 is 2.79 bits per heavy atom. The minimum Gasteiger partial charge on any atom is -0.397 e. The van der Waals surface area contributed by atoms with Gasteiger partial charge in [-0.2, -0.15) is 0 Å². The highest BCUT2D eigenvalue weighted by molar-refractivity contribution is 5.77. The third-order valence-corrected chi connectivity index (χ3v) is 3.20. The molecule has 1 aliphatic heterocycles. The van der Waals surface area contributed by atoms with Crippen LogP contribution in [0.5, 0.6) is 0 Å². The monoisotopic (exact) mass is 252 g/mol. The van der Waals surface area contributed by atoms with Crippen LogP contribution in [0.1, 0.15) is 11.3 Å². The second kappa shape index (κ2) is 5.02. The summed E-state index contributed by atoms with van der Waals surface area (Å²) in [5, 5.41) is 2.10. The fourth-order valence-electron chi connectivity index (χ4n) is 2.21. The topological polar surface area (TPSA) is 54.2 Å². The van der Waals surface area contributed by atoms with Gasteiger partial charge in [-0.1, -0.05) is 24.3 Å². The van der Waals surface area contributed by atoms with Crippen LogP contribution in [0.25, 0.3) is 5.70 Å². The van der Waals surface area contributed by atoms with Crippen LogP contribution >= 0.6 is 0 Å². The summed E-state index contributed by atoms with van der Waals surface area (Å²) >= 11 is 0. The van der Waals surface area contributed by atoms with Crippen LogP contribution in [-0.4, -0.2) is 11.5 Å². The van der Waals surface area contributed by atoms with E-state index in [4.69, 9.17) is 5.73 Å². The molecular formula is C15H16N4. The number of aromatic nitrogens is 1. The van der Waals surface area contributed by atoms with E-state index < -0.39 is 0 Å². The van der Waals surface area contributed by atoms with E-state index in [9.17, 15) is 0 Å². The number of para-hydroxylation sites is 1. The highest BCUT2D eigenvalue weighted by Crippen LogP contribution is 2.26. The lowest BCUT2D eigenvalue weighted by molar-refractivity contribution is 0.710. The molecule has 1 aromatic heterocycles. The smallest absolute Gasteiger partial charge is 0.0665 e. The Labute approximate surface area is 112 Å². The Balaban J connectivity index is 1.77. The first-order valence-corrected chi connectivity index (χ1v) is 6.33. The van der Waals surface area contributed by atoms with E-state index in [0.717, 1.165) is 35.6 Å². The first kappa shape index (κ1) is 11.6. The number of hydrazine groups is 1. The molecule has 0 amide bonds. The maximum atomic E-state index is 5.98. The Morgan fingerprint density at radius 1 is 1.11 bits per heavy atom. The van der Waals surface area contributed by atoms with Crippen molar-refractivity contribution in [1.29, 1.82) is 0 Å². The van der Waals surface area contributed by atoms with Crippen LogP contribution in [0.4, 0.5) is 5.69 Å². The molecule has 0 saturated heterocycles. The molecule has 0 radical (unpaired) electrons. The second-order valence-electron chi connectivity index (χ2n) is 4.47. The standard InChI is InChI=1S/C15H16N4/c16-14-11-18-19(15-7-2-1-6-13(14)15)10-8-12-5-3-4-9-17-12/h1-7,9,11,18H,8,10,16H2. The van der Waals surface area contributed by atoms with Gasteiger partial charge in [-0.05, 0) is 18.2 Å². The van der Waals surface area contributed by atoms with E-state index in [1.165, 1.54) is 0 Å². The molecule has 0 spiro atoms.